The summed E-state index contributed by atoms with van der Waals surface area (Å²) in [4.78, 5) is 0. The van der Waals surface area contributed by atoms with Gasteiger partial charge in [-0.1, -0.05) is 69.2 Å². The van der Waals surface area contributed by atoms with Crippen LogP contribution in [0.4, 0.5) is 0 Å². The van der Waals surface area contributed by atoms with E-state index in [1.54, 1.807) is 0 Å². The monoisotopic (exact) mass is 270 g/mol. The molecule has 0 radical (unpaired) electrons. The summed E-state index contributed by atoms with van der Waals surface area (Å²) < 4.78 is 6.70. The molecular weight excluding hydrogens is 232 g/mol. The molecule has 0 saturated heterocycles. The molecule has 1 unspecified atom stereocenters. The molecular formula is C18H38O. The van der Waals surface area contributed by atoms with Gasteiger partial charge in [-0.2, -0.15) is 0 Å². The van der Waals surface area contributed by atoms with Crippen LogP contribution in [-0.2, 0) is 4.74 Å². The lowest BCUT2D eigenvalue weighted by atomic mass is 9.69. The molecule has 0 saturated carbocycles. The van der Waals surface area contributed by atoms with Crippen molar-refractivity contribution >= 4 is 0 Å². The average molecular weight is 271 g/mol. The third kappa shape index (κ3) is 5.85. The van der Waals surface area contributed by atoms with Gasteiger partial charge < -0.3 is 4.74 Å². The standard InChI is InChI=1S/C18H38O/c1-13(2)15(14(3)4)19-18(11,17(8,9)10)12-16(5,6)7/h13-15H,12H2,1-11H3. The first-order chi connectivity index (χ1) is 8.19. The zero-order valence-corrected chi connectivity index (χ0v) is 15.3. The molecule has 0 amide bonds. The van der Waals surface area contributed by atoms with Crippen molar-refractivity contribution in [3.63, 3.8) is 0 Å². The van der Waals surface area contributed by atoms with E-state index >= 15 is 0 Å². The lowest BCUT2D eigenvalue weighted by Crippen LogP contribution is -2.49. The Morgan fingerprint density at radius 1 is 0.737 bits per heavy atom. The molecule has 116 valence electrons. The summed E-state index contributed by atoms with van der Waals surface area (Å²) in [6.45, 7) is 25.2. The second kappa shape index (κ2) is 6.16. The van der Waals surface area contributed by atoms with E-state index in [2.05, 4.69) is 76.2 Å². The van der Waals surface area contributed by atoms with E-state index < -0.39 is 0 Å². The summed E-state index contributed by atoms with van der Waals surface area (Å²) in [5, 5.41) is 0. The van der Waals surface area contributed by atoms with Gasteiger partial charge in [0.2, 0.25) is 0 Å². The van der Waals surface area contributed by atoms with Crippen molar-refractivity contribution in [3.05, 3.63) is 0 Å². The van der Waals surface area contributed by atoms with Crippen LogP contribution in [0.1, 0.15) is 82.6 Å². The van der Waals surface area contributed by atoms with Crippen LogP contribution in [0.25, 0.3) is 0 Å². The number of hydrogen-bond acceptors (Lipinski definition) is 1. The molecule has 0 aromatic carbocycles. The molecule has 19 heavy (non-hydrogen) atoms. The van der Waals surface area contributed by atoms with Crippen LogP contribution in [0.5, 0.6) is 0 Å². The van der Waals surface area contributed by atoms with Crippen molar-refractivity contribution in [1.29, 1.82) is 0 Å². The van der Waals surface area contributed by atoms with Crippen molar-refractivity contribution < 1.29 is 4.74 Å². The number of hydrogen-bond donors (Lipinski definition) is 0. The van der Waals surface area contributed by atoms with E-state index in [1.165, 1.54) is 0 Å². The van der Waals surface area contributed by atoms with Crippen LogP contribution in [0, 0.1) is 22.7 Å². The Morgan fingerprint density at radius 2 is 1.11 bits per heavy atom. The second-order valence-corrected chi connectivity index (χ2v) is 9.29. The average Bonchev–Trinajstić information content (AvgIpc) is 2.08. The first-order valence-electron chi connectivity index (χ1n) is 7.87. The molecule has 0 rings (SSSR count). The Kier molecular flexibility index (Phi) is 6.15. The maximum atomic E-state index is 6.70. The quantitative estimate of drug-likeness (QED) is 0.602. The second-order valence-electron chi connectivity index (χ2n) is 9.29. The first kappa shape index (κ1) is 19.0. The Hall–Kier alpha value is -0.0400. The van der Waals surface area contributed by atoms with Gasteiger partial charge >= 0.3 is 0 Å². The highest BCUT2D eigenvalue weighted by molar-refractivity contribution is 4.93. The minimum Gasteiger partial charge on any atom is -0.371 e. The highest BCUT2D eigenvalue weighted by Crippen LogP contribution is 2.44. The molecule has 0 aliphatic heterocycles. The van der Waals surface area contributed by atoms with Gasteiger partial charge in [0.05, 0.1) is 11.7 Å². The van der Waals surface area contributed by atoms with Crippen LogP contribution < -0.4 is 0 Å². The van der Waals surface area contributed by atoms with Crippen molar-refractivity contribution in [3.8, 4) is 0 Å². The molecule has 0 aliphatic carbocycles. The molecule has 0 spiro atoms. The van der Waals surface area contributed by atoms with Gasteiger partial charge in [0, 0.05) is 0 Å². The SMILES string of the molecule is CC(C)C(OC(C)(CC(C)(C)C)C(C)(C)C)C(C)C. The van der Waals surface area contributed by atoms with E-state index in [-0.39, 0.29) is 16.4 Å². The zero-order chi connectivity index (χ0) is 15.6. The smallest absolute Gasteiger partial charge is 0.0711 e. The molecule has 0 N–H and O–H groups in total. The van der Waals surface area contributed by atoms with Crippen molar-refractivity contribution in [2.75, 3.05) is 0 Å². The zero-order valence-electron chi connectivity index (χ0n) is 15.3. The third-order valence-electron chi connectivity index (χ3n) is 4.16. The van der Waals surface area contributed by atoms with E-state index in [0.717, 1.165) is 6.42 Å². The fourth-order valence-corrected chi connectivity index (χ4v) is 2.84. The molecule has 0 heterocycles. The van der Waals surface area contributed by atoms with Gasteiger partial charge in [0.15, 0.2) is 0 Å². The molecule has 1 heteroatoms. The lowest BCUT2D eigenvalue weighted by Gasteiger charge is -2.48. The fourth-order valence-electron chi connectivity index (χ4n) is 2.84. The summed E-state index contributed by atoms with van der Waals surface area (Å²) in [6.07, 6.45) is 1.41. The molecule has 1 atom stereocenters. The summed E-state index contributed by atoms with van der Waals surface area (Å²) in [7, 11) is 0. The third-order valence-corrected chi connectivity index (χ3v) is 4.16. The predicted octanol–water partition coefficient (Wildman–Crippen LogP) is 5.92. The Bertz CT molecular complexity index is 256. The van der Waals surface area contributed by atoms with Crippen molar-refractivity contribution in [2.24, 2.45) is 22.7 Å². The summed E-state index contributed by atoms with van der Waals surface area (Å²) in [6, 6.07) is 0. The topological polar surface area (TPSA) is 9.23 Å². The molecule has 0 fully saturated rings. The van der Waals surface area contributed by atoms with Crippen LogP contribution >= 0.6 is 0 Å². The minimum atomic E-state index is -0.0928. The Labute approximate surface area is 122 Å². The van der Waals surface area contributed by atoms with Gasteiger partial charge in [0.1, 0.15) is 0 Å². The van der Waals surface area contributed by atoms with Crippen molar-refractivity contribution in [1.82, 2.24) is 0 Å². The lowest BCUT2D eigenvalue weighted by molar-refractivity contribution is -0.181. The largest absolute Gasteiger partial charge is 0.371 e. The van der Waals surface area contributed by atoms with Gasteiger partial charge in [-0.25, -0.2) is 0 Å². The molecule has 0 aromatic rings. The van der Waals surface area contributed by atoms with E-state index in [4.69, 9.17) is 4.74 Å². The predicted molar refractivity (Wildman–Crippen MR) is 86.5 cm³/mol. The first-order valence-corrected chi connectivity index (χ1v) is 7.87. The summed E-state index contributed by atoms with van der Waals surface area (Å²) >= 11 is 0. The van der Waals surface area contributed by atoms with Crippen molar-refractivity contribution in [2.45, 2.75) is 94.3 Å². The van der Waals surface area contributed by atoms with Gasteiger partial charge in [0.25, 0.3) is 0 Å². The van der Waals surface area contributed by atoms with Gasteiger partial charge in [-0.3, -0.25) is 0 Å². The molecule has 0 aliphatic rings. The normalized spacial score (nSPS) is 17.4. The number of rotatable bonds is 5. The van der Waals surface area contributed by atoms with Gasteiger partial charge in [-0.05, 0) is 36.0 Å². The summed E-state index contributed by atoms with van der Waals surface area (Å²) in [5.41, 5.74) is 0.327. The van der Waals surface area contributed by atoms with E-state index in [1.807, 2.05) is 0 Å². The maximum Gasteiger partial charge on any atom is 0.0711 e. The highest BCUT2D eigenvalue weighted by Gasteiger charge is 2.43. The van der Waals surface area contributed by atoms with Crippen LogP contribution in [-0.4, -0.2) is 11.7 Å². The Morgan fingerprint density at radius 3 is 1.32 bits per heavy atom. The van der Waals surface area contributed by atoms with Crippen LogP contribution in [0.2, 0.25) is 0 Å². The van der Waals surface area contributed by atoms with Gasteiger partial charge in [-0.15, -0.1) is 0 Å². The summed E-state index contributed by atoms with van der Waals surface area (Å²) in [5.74, 6) is 1.11. The highest BCUT2D eigenvalue weighted by atomic mass is 16.5. The van der Waals surface area contributed by atoms with E-state index in [0.29, 0.717) is 17.9 Å². The Balaban J connectivity index is 5.28. The molecule has 1 nitrogen and oxygen atoms in total. The molecule has 0 bridgehead atoms. The van der Waals surface area contributed by atoms with Crippen LogP contribution in [0.3, 0.4) is 0 Å². The fraction of sp³-hybridized carbons (Fsp3) is 1.00. The maximum absolute atomic E-state index is 6.70. The minimum absolute atomic E-state index is 0.0928. The van der Waals surface area contributed by atoms with E-state index in [9.17, 15) is 0 Å². The molecule has 0 aromatic heterocycles. The van der Waals surface area contributed by atoms with Crippen LogP contribution in [0.15, 0.2) is 0 Å². The number of ether oxygens (including phenoxy) is 1.